The smallest absolute Gasteiger partial charge is 0.232 e. The largest absolute Gasteiger partial charge is 0.338 e. The second-order valence-corrected chi connectivity index (χ2v) is 8.85. The van der Waals surface area contributed by atoms with Crippen molar-refractivity contribution in [2.75, 3.05) is 93.2 Å². The zero-order valence-corrected chi connectivity index (χ0v) is 17.6. The van der Waals surface area contributed by atoms with Crippen LogP contribution in [0.2, 0.25) is 0 Å². The molecule has 0 spiro atoms. The van der Waals surface area contributed by atoms with Crippen molar-refractivity contribution in [1.29, 1.82) is 0 Å². The van der Waals surface area contributed by atoms with Crippen molar-refractivity contribution in [3.05, 3.63) is 0 Å². The maximum Gasteiger partial charge on any atom is 0.232 e. The molecule has 0 bridgehead atoms. The van der Waals surface area contributed by atoms with Crippen LogP contribution in [0.4, 0.5) is 17.8 Å². The van der Waals surface area contributed by atoms with E-state index in [0.29, 0.717) is 0 Å². The first kappa shape index (κ1) is 19.6. The summed E-state index contributed by atoms with van der Waals surface area (Å²) < 4.78 is 0. The van der Waals surface area contributed by atoms with Gasteiger partial charge < -0.3 is 25.3 Å². The molecule has 0 amide bonds. The monoisotopic (exact) mass is 389 g/mol. The molecule has 9 nitrogen and oxygen atoms in total. The van der Waals surface area contributed by atoms with E-state index in [1.54, 1.807) is 0 Å². The molecule has 4 heterocycles. The summed E-state index contributed by atoms with van der Waals surface area (Å²) in [5.74, 6) is 2.50. The van der Waals surface area contributed by atoms with Gasteiger partial charge in [-0.15, -0.1) is 0 Å². The van der Waals surface area contributed by atoms with Crippen LogP contribution < -0.4 is 25.3 Å². The van der Waals surface area contributed by atoms with Crippen LogP contribution in [0.3, 0.4) is 0 Å². The lowest BCUT2D eigenvalue weighted by Crippen LogP contribution is -2.54. The van der Waals surface area contributed by atoms with E-state index in [-0.39, 0.29) is 5.54 Å². The van der Waals surface area contributed by atoms with E-state index in [0.717, 1.165) is 96.4 Å². The molecule has 4 rings (SSSR count). The molecule has 0 aliphatic carbocycles. The van der Waals surface area contributed by atoms with Crippen LogP contribution in [-0.4, -0.2) is 104 Å². The molecule has 2 N–H and O–H groups in total. The molecular formula is C19H35N9. The van der Waals surface area contributed by atoms with Gasteiger partial charge in [-0.05, 0) is 20.8 Å². The molecule has 0 radical (unpaired) electrons. The molecule has 28 heavy (non-hydrogen) atoms. The predicted molar refractivity (Wildman–Crippen MR) is 114 cm³/mol. The first-order valence-corrected chi connectivity index (χ1v) is 10.7. The number of piperazine rings is 3. The summed E-state index contributed by atoms with van der Waals surface area (Å²) in [6, 6.07) is 0. The Hall–Kier alpha value is -1.71. The summed E-state index contributed by atoms with van der Waals surface area (Å²) in [7, 11) is 0. The maximum atomic E-state index is 4.90. The molecule has 3 saturated heterocycles. The second-order valence-electron chi connectivity index (χ2n) is 8.85. The van der Waals surface area contributed by atoms with Crippen molar-refractivity contribution < 1.29 is 0 Å². The molecule has 0 aromatic carbocycles. The minimum atomic E-state index is 0.211. The Balaban J connectivity index is 1.56. The molecular weight excluding hydrogens is 354 g/mol. The van der Waals surface area contributed by atoms with E-state index in [4.69, 9.17) is 15.0 Å². The molecule has 3 aliphatic rings. The summed E-state index contributed by atoms with van der Waals surface area (Å²) in [6.45, 7) is 18.6. The number of rotatable bonds is 3. The SMILES string of the molecule is CC(C)(C)N1CCN(c2nc(N3CCNCC3)nc(N3CCNCC3)n2)CC1. The van der Waals surface area contributed by atoms with E-state index >= 15 is 0 Å². The summed E-state index contributed by atoms with van der Waals surface area (Å²) in [6.07, 6.45) is 0. The number of nitrogens with zero attached hydrogens (tertiary/aromatic N) is 7. The van der Waals surface area contributed by atoms with Gasteiger partial charge >= 0.3 is 0 Å². The van der Waals surface area contributed by atoms with Crippen LogP contribution in [0.15, 0.2) is 0 Å². The molecule has 1 aromatic heterocycles. The summed E-state index contributed by atoms with van der Waals surface area (Å²) in [4.78, 5) is 24.1. The van der Waals surface area contributed by atoms with Crippen LogP contribution in [-0.2, 0) is 0 Å². The van der Waals surface area contributed by atoms with Gasteiger partial charge in [-0.3, -0.25) is 4.90 Å². The highest BCUT2D eigenvalue weighted by Gasteiger charge is 2.28. The van der Waals surface area contributed by atoms with Crippen LogP contribution in [0.5, 0.6) is 0 Å². The van der Waals surface area contributed by atoms with Gasteiger partial charge in [-0.2, -0.15) is 15.0 Å². The minimum absolute atomic E-state index is 0.211. The lowest BCUT2D eigenvalue weighted by Gasteiger charge is -2.42. The molecule has 0 atom stereocenters. The molecule has 156 valence electrons. The maximum absolute atomic E-state index is 4.90. The van der Waals surface area contributed by atoms with Gasteiger partial charge in [0.1, 0.15) is 0 Å². The molecule has 3 aliphatic heterocycles. The molecule has 0 saturated carbocycles. The fourth-order valence-corrected chi connectivity index (χ4v) is 4.07. The van der Waals surface area contributed by atoms with E-state index in [9.17, 15) is 0 Å². The molecule has 3 fully saturated rings. The van der Waals surface area contributed by atoms with Crippen molar-refractivity contribution in [3.63, 3.8) is 0 Å². The van der Waals surface area contributed by atoms with Crippen molar-refractivity contribution in [2.24, 2.45) is 0 Å². The van der Waals surface area contributed by atoms with Gasteiger partial charge in [0.05, 0.1) is 0 Å². The standard InChI is InChI=1S/C19H35N9/c1-19(2,3)28-14-12-27(13-15-28)18-23-16(25-8-4-20-5-9-25)22-17(24-18)26-10-6-21-7-11-26/h20-21H,4-15H2,1-3H3. The summed E-state index contributed by atoms with van der Waals surface area (Å²) >= 11 is 0. The van der Waals surface area contributed by atoms with Gasteiger partial charge in [-0.1, -0.05) is 0 Å². The average Bonchev–Trinajstić information content (AvgIpc) is 2.74. The highest BCUT2D eigenvalue weighted by Crippen LogP contribution is 2.23. The van der Waals surface area contributed by atoms with Crippen molar-refractivity contribution >= 4 is 17.8 Å². The van der Waals surface area contributed by atoms with Gasteiger partial charge in [0.2, 0.25) is 17.8 Å². The highest BCUT2D eigenvalue weighted by atomic mass is 15.4. The number of hydrogen-bond donors (Lipinski definition) is 2. The van der Waals surface area contributed by atoms with E-state index < -0.39 is 0 Å². The quantitative estimate of drug-likeness (QED) is 0.719. The number of nitrogens with one attached hydrogen (secondary N) is 2. The van der Waals surface area contributed by atoms with E-state index in [1.165, 1.54) is 0 Å². The first-order chi connectivity index (χ1) is 13.5. The van der Waals surface area contributed by atoms with Crippen molar-refractivity contribution in [2.45, 2.75) is 26.3 Å². The lowest BCUT2D eigenvalue weighted by atomic mass is 10.1. The minimum Gasteiger partial charge on any atom is -0.338 e. The zero-order valence-electron chi connectivity index (χ0n) is 17.6. The van der Waals surface area contributed by atoms with Gasteiger partial charge in [0.25, 0.3) is 0 Å². The lowest BCUT2D eigenvalue weighted by molar-refractivity contribution is 0.128. The fourth-order valence-electron chi connectivity index (χ4n) is 4.07. The zero-order chi connectivity index (χ0) is 19.6. The Bertz CT molecular complexity index is 603. The van der Waals surface area contributed by atoms with Crippen LogP contribution in [0.1, 0.15) is 20.8 Å². The second kappa shape index (κ2) is 8.34. The molecule has 9 heteroatoms. The summed E-state index contributed by atoms with van der Waals surface area (Å²) in [5, 5.41) is 6.82. The van der Waals surface area contributed by atoms with Gasteiger partial charge in [0.15, 0.2) is 0 Å². The third-order valence-corrected chi connectivity index (χ3v) is 5.91. The van der Waals surface area contributed by atoms with Crippen LogP contribution in [0, 0.1) is 0 Å². The number of aromatic nitrogens is 3. The van der Waals surface area contributed by atoms with Crippen molar-refractivity contribution in [3.8, 4) is 0 Å². The average molecular weight is 390 g/mol. The Labute approximate surface area is 168 Å². The number of anilines is 3. The van der Waals surface area contributed by atoms with Crippen LogP contribution >= 0.6 is 0 Å². The molecule has 0 unspecified atom stereocenters. The Morgan fingerprint density at radius 1 is 0.571 bits per heavy atom. The Morgan fingerprint density at radius 2 is 0.929 bits per heavy atom. The highest BCUT2D eigenvalue weighted by molar-refractivity contribution is 5.47. The summed E-state index contributed by atoms with van der Waals surface area (Å²) in [5.41, 5.74) is 0.211. The Morgan fingerprint density at radius 3 is 1.29 bits per heavy atom. The molecule has 1 aromatic rings. The van der Waals surface area contributed by atoms with E-state index in [2.05, 4.69) is 51.0 Å². The first-order valence-electron chi connectivity index (χ1n) is 10.7. The van der Waals surface area contributed by atoms with Gasteiger partial charge in [0, 0.05) is 84.1 Å². The number of hydrogen-bond acceptors (Lipinski definition) is 9. The van der Waals surface area contributed by atoms with Crippen molar-refractivity contribution in [1.82, 2.24) is 30.5 Å². The topological polar surface area (TPSA) is 75.7 Å². The normalized spacial score (nSPS) is 22.6. The third-order valence-electron chi connectivity index (χ3n) is 5.91. The predicted octanol–water partition coefficient (Wildman–Crippen LogP) is -0.389. The Kier molecular flexibility index (Phi) is 5.84. The third kappa shape index (κ3) is 4.47. The van der Waals surface area contributed by atoms with E-state index in [1.807, 2.05) is 0 Å². The van der Waals surface area contributed by atoms with Crippen LogP contribution in [0.25, 0.3) is 0 Å². The van der Waals surface area contributed by atoms with Gasteiger partial charge in [-0.25, -0.2) is 0 Å². The fraction of sp³-hybridized carbons (Fsp3) is 0.842.